The minimum Gasteiger partial charge on any atom is -0.481 e. The second kappa shape index (κ2) is 6.32. The van der Waals surface area contributed by atoms with Crippen molar-refractivity contribution in [2.45, 2.75) is 18.9 Å². The highest BCUT2D eigenvalue weighted by Crippen LogP contribution is 2.09. The summed E-state index contributed by atoms with van der Waals surface area (Å²) in [7, 11) is -2.91. The van der Waals surface area contributed by atoms with Gasteiger partial charge in [-0.3, -0.25) is 9.69 Å². The number of morpholine rings is 1. The molecule has 0 aromatic heterocycles. The maximum Gasteiger partial charge on any atom is 0.306 e. The monoisotopic (exact) mass is 265 g/mol. The molecule has 1 heterocycles. The number of hydrogen-bond donors (Lipinski definition) is 1. The van der Waals surface area contributed by atoms with Crippen molar-refractivity contribution in [3.05, 3.63) is 0 Å². The molecule has 1 saturated heterocycles. The Bertz CT molecular complexity index is 354. The first-order valence-electron chi connectivity index (χ1n) is 5.60. The minimum absolute atomic E-state index is 0.00256. The number of carboxylic acids is 1. The lowest BCUT2D eigenvalue weighted by atomic mass is 10.2. The van der Waals surface area contributed by atoms with Gasteiger partial charge in [-0.05, 0) is 13.0 Å². The lowest BCUT2D eigenvalue weighted by molar-refractivity contribution is -0.142. The zero-order chi connectivity index (χ0) is 12.9. The van der Waals surface area contributed by atoms with E-state index in [0.717, 1.165) is 6.54 Å². The molecule has 0 radical (unpaired) electrons. The molecule has 1 unspecified atom stereocenters. The van der Waals surface area contributed by atoms with Crippen LogP contribution in [0.5, 0.6) is 0 Å². The highest BCUT2D eigenvalue weighted by molar-refractivity contribution is 7.90. The van der Waals surface area contributed by atoms with Gasteiger partial charge in [-0.2, -0.15) is 0 Å². The third-order valence-corrected chi connectivity index (χ3v) is 3.64. The maximum atomic E-state index is 11.0. The molecule has 6 nitrogen and oxygen atoms in total. The van der Waals surface area contributed by atoms with Crippen LogP contribution in [0.15, 0.2) is 0 Å². The Balaban J connectivity index is 2.27. The molecular formula is C10H19NO5S. The lowest BCUT2D eigenvalue weighted by Gasteiger charge is -2.32. The van der Waals surface area contributed by atoms with Gasteiger partial charge in [0.2, 0.25) is 0 Å². The van der Waals surface area contributed by atoms with E-state index in [1.54, 1.807) is 0 Å². The molecular weight excluding hydrogens is 246 g/mol. The van der Waals surface area contributed by atoms with Crippen LogP contribution in [0.25, 0.3) is 0 Å². The van der Waals surface area contributed by atoms with E-state index in [4.69, 9.17) is 9.84 Å². The summed E-state index contributed by atoms with van der Waals surface area (Å²) in [6.45, 7) is 2.49. The van der Waals surface area contributed by atoms with Gasteiger partial charge in [0.05, 0.1) is 24.9 Å². The molecule has 1 N–H and O–H groups in total. The van der Waals surface area contributed by atoms with Gasteiger partial charge in [-0.25, -0.2) is 8.42 Å². The van der Waals surface area contributed by atoms with Crippen LogP contribution in [0.3, 0.4) is 0 Å². The van der Waals surface area contributed by atoms with Crippen molar-refractivity contribution in [1.82, 2.24) is 4.90 Å². The number of carboxylic acid groups (broad SMARTS) is 1. The molecule has 1 rings (SSSR count). The molecule has 0 saturated carbocycles. The molecule has 0 spiro atoms. The second-order valence-corrected chi connectivity index (χ2v) is 6.63. The fourth-order valence-corrected chi connectivity index (χ4v) is 2.51. The molecule has 0 aromatic carbocycles. The summed E-state index contributed by atoms with van der Waals surface area (Å²) >= 11 is 0. The number of aliphatic carboxylic acids is 1. The quantitative estimate of drug-likeness (QED) is 0.703. The molecule has 1 aliphatic heterocycles. The molecule has 1 aliphatic rings. The van der Waals surface area contributed by atoms with Crippen LogP contribution in [0.2, 0.25) is 0 Å². The van der Waals surface area contributed by atoms with Crippen molar-refractivity contribution >= 4 is 15.8 Å². The number of sulfone groups is 1. The summed E-state index contributed by atoms with van der Waals surface area (Å²) < 4.78 is 27.2. The van der Waals surface area contributed by atoms with Gasteiger partial charge in [0, 0.05) is 19.3 Å². The topological polar surface area (TPSA) is 83.9 Å². The third-order valence-electron chi connectivity index (χ3n) is 2.61. The van der Waals surface area contributed by atoms with Gasteiger partial charge in [-0.15, -0.1) is 0 Å². The van der Waals surface area contributed by atoms with E-state index >= 15 is 0 Å². The van der Waals surface area contributed by atoms with E-state index < -0.39 is 15.8 Å². The first kappa shape index (κ1) is 14.4. The zero-order valence-electron chi connectivity index (χ0n) is 9.96. The van der Waals surface area contributed by atoms with Crippen molar-refractivity contribution in [2.24, 2.45) is 0 Å². The van der Waals surface area contributed by atoms with E-state index in [0.29, 0.717) is 26.1 Å². The molecule has 17 heavy (non-hydrogen) atoms. The normalized spacial score (nSPS) is 22.5. The van der Waals surface area contributed by atoms with Gasteiger partial charge in [0.15, 0.2) is 0 Å². The Morgan fingerprint density at radius 1 is 1.53 bits per heavy atom. The van der Waals surface area contributed by atoms with Crippen molar-refractivity contribution < 1.29 is 23.1 Å². The standard InChI is InChI=1S/C10H19NO5S/c1-17(14,15)6-2-3-11-4-5-16-9(8-11)7-10(12)13/h9H,2-8H2,1H3,(H,12,13). The summed E-state index contributed by atoms with van der Waals surface area (Å²) in [5.41, 5.74) is 0. The van der Waals surface area contributed by atoms with Crippen molar-refractivity contribution in [3.63, 3.8) is 0 Å². The summed E-state index contributed by atoms with van der Waals surface area (Å²) in [5, 5.41) is 8.66. The fourth-order valence-electron chi connectivity index (χ4n) is 1.85. The third kappa shape index (κ3) is 6.60. The average molecular weight is 265 g/mol. The van der Waals surface area contributed by atoms with Crippen LogP contribution < -0.4 is 0 Å². The lowest BCUT2D eigenvalue weighted by Crippen LogP contribution is -2.43. The van der Waals surface area contributed by atoms with E-state index in [2.05, 4.69) is 4.90 Å². The Kier molecular flexibility index (Phi) is 5.35. The van der Waals surface area contributed by atoms with E-state index in [1.807, 2.05) is 0 Å². The smallest absolute Gasteiger partial charge is 0.306 e. The van der Waals surface area contributed by atoms with Gasteiger partial charge in [-0.1, -0.05) is 0 Å². The number of hydrogen-bond acceptors (Lipinski definition) is 5. The van der Waals surface area contributed by atoms with Gasteiger partial charge in [0.25, 0.3) is 0 Å². The highest BCUT2D eigenvalue weighted by atomic mass is 32.2. The molecule has 0 aromatic rings. The van der Waals surface area contributed by atoms with Crippen LogP contribution in [-0.2, 0) is 19.4 Å². The number of rotatable bonds is 6. The van der Waals surface area contributed by atoms with E-state index in [9.17, 15) is 13.2 Å². The van der Waals surface area contributed by atoms with Crippen molar-refractivity contribution in [1.29, 1.82) is 0 Å². The largest absolute Gasteiger partial charge is 0.481 e. The Morgan fingerprint density at radius 2 is 2.24 bits per heavy atom. The molecule has 100 valence electrons. The number of ether oxygens (including phenoxy) is 1. The molecule has 1 atom stereocenters. The van der Waals surface area contributed by atoms with E-state index in [1.165, 1.54) is 6.26 Å². The predicted octanol–water partition coefficient (Wildman–Crippen LogP) is -0.403. The highest BCUT2D eigenvalue weighted by Gasteiger charge is 2.22. The fraction of sp³-hybridized carbons (Fsp3) is 0.900. The first-order valence-corrected chi connectivity index (χ1v) is 7.66. The zero-order valence-corrected chi connectivity index (χ0v) is 10.8. The number of nitrogens with zero attached hydrogens (tertiary/aromatic N) is 1. The van der Waals surface area contributed by atoms with Crippen molar-refractivity contribution in [2.75, 3.05) is 38.2 Å². The Hall–Kier alpha value is -0.660. The van der Waals surface area contributed by atoms with Crippen LogP contribution in [0.1, 0.15) is 12.8 Å². The number of carbonyl (C=O) groups is 1. The minimum atomic E-state index is -2.91. The van der Waals surface area contributed by atoms with E-state index in [-0.39, 0.29) is 18.3 Å². The van der Waals surface area contributed by atoms with Crippen molar-refractivity contribution in [3.8, 4) is 0 Å². The van der Waals surface area contributed by atoms with Crippen LogP contribution in [-0.4, -0.2) is 68.7 Å². The SMILES string of the molecule is CS(=O)(=O)CCCN1CCOC(CC(=O)O)C1. The summed E-state index contributed by atoms with van der Waals surface area (Å²) in [6, 6.07) is 0. The molecule has 7 heteroatoms. The first-order chi connectivity index (χ1) is 7.87. The summed E-state index contributed by atoms with van der Waals surface area (Å²) in [5.74, 6) is -0.693. The maximum absolute atomic E-state index is 11.0. The van der Waals surface area contributed by atoms with Gasteiger partial charge in [0.1, 0.15) is 9.84 Å². The van der Waals surface area contributed by atoms with Gasteiger partial charge >= 0.3 is 5.97 Å². The summed E-state index contributed by atoms with van der Waals surface area (Å²) in [4.78, 5) is 12.6. The van der Waals surface area contributed by atoms with Crippen LogP contribution in [0.4, 0.5) is 0 Å². The molecule has 0 amide bonds. The van der Waals surface area contributed by atoms with Crippen LogP contribution in [0, 0.1) is 0 Å². The summed E-state index contributed by atoms with van der Waals surface area (Å²) in [6.07, 6.45) is 1.53. The second-order valence-electron chi connectivity index (χ2n) is 4.37. The molecule has 0 bridgehead atoms. The van der Waals surface area contributed by atoms with Gasteiger partial charge < -0.3 is 9.84 Å². The molecule has 1 fully saturated rings. The molecule has 0 aliphatic carbocycles. The Morgan fingerprint density at radius 3 is 2.82 bits per heavy atom. The Labute approximate surface area is 101 Å². The predicted molar refractivity (Wildman–Crippen MR) is 62.8 cm³/mol. The average Bonchev–Trinajstić information content (AvgIpc) is 2.15. The van der Waals surface area contributed by atoms with Crippen LogP contribution >= 0.6 is 0 Å².